The number of amides is 3. The number of benzene rings is 4. The van der Waals surface area contributed by atoms with Crippen LogP contribution in [0.3, 0.4) is 0 Å². The summed E-state index contributed by atoms with van der Waals surface area (Å²) < 4.78 is 16.8. The number of aromatic nitrogens is 4. The van der Waals surface area contributed by atoms with Crippen LogP contribution in [0.15, 0.2) is 122 Å². The van der Waals surface area contributed by atoms with Gasteiger partial charge in [-0.15, -0.1) is 0 Å². The van der Waals surface area contributed by atoms with Crippen LogP contribution in [0.5, 0.6) is 11.5 Å². The average molecular weight is 1200 g/mol. The fourth-order valence-electron chi connectivity index (χ4n) is 9.61. The first-order valence-corrected chi connectivity index (χ1v) is 29.4. The highest BCUT2D eigenvalue weighted by molar-refractivity contribution is 5.95. The molecule has 2 aliphatic heterocycles. The Bertz CT molecular complexity index is 3110. The van der Waals surface area contributed by atoms with Gasteiger partial charge in [-0.3, -0.25) is 4.79 Å². The summed E-state index contributed by atoms with van der Waals surface area (Å²) >= 11 is 0. The van der Waals surface area contributed by atoms with Gasteiger partial charge >= 0.3 is 24.1 Å². The maximum absolute atomic E-state index is 13.5. The van der Waals surface area contributed by atoms with Crippen molar-refractivity contribution in [2.75, 3.05) is 83.0 Å². The van der Waals surface area contributed by atoms with Gasteiger partial charge in [-0.1, -0.05) is 99.8 Å². The van der Waals surface area contributed by atoms with Crippen LogP contribution in [0, 0.1) is 0 Å². The van der Waals surface area contributed by atoms with E-state index in [9.17, 15) is 29.1 Å². The molecule has 6 aromatic rings. The molecule has 2 aromatic heterocycles. The number of hydrogen-bond donors (Lipinski definition) is 4. The molecule has 4 heterocycles. The third-order valence-electron chi connectivity index (χ3n) is 14.3. The zero-order valence-corrected chi connectivity index (χ0v) is 50.3. The molecule has 4 N–H and O–H groups in total. The number of ether oxygens (including phenoxy) is 3. The molecule has 0 radical (unpaired) electrons. The summed E-state index contributed by atoms with van der Waals surface area (Å²) in [6.07, 6.45) is 7.00. The van der Waals surface area contributed by atoms with Crippen LogP contribution in [0.25, 0.3) is 0 Å². The van der Waals surface area contributed by atoms with Gasteiger partial charge in [-0.25, -0.2) is 29.1 Å². The second-order valence-electron chi connectivity index (χ2n) is 21.7. The molecule has 0 bridgehead atoms. The largest absolute Gasteiger partial charge is 0.480 e. The topological polar surface area (TPSA) is 237 Å². The van der Waals surface area contributed by atoms with Crippen molar-refractivity contribution in [3.05, 3.63) is 144 Å². The molecule has 2 fully saturated rings. The summed E-state index contributed by atoms with van der Waals surface area (Å²) in [5.74, 6) is 0.936. The van der Waals surface area contributed by atoms with Gasteiger partial charge in [0.2, 0.25) is 17.8 Å². The van der Waals surface area contributed by atoms with Gasteiger partial charge in [0.1, 0.15) is 34.9 Å². The quantitative estimate of drug-likeness (QED) is 0.0412. The first-order chi connectivity index (χ1) is 40.9. The normalized spacial score (nSPS) is 13.2. The fourth-order valence-corrected chi connectivity index (χ4v) is 9.61. The minimum absolute atomic E-state index is 0. The van der Waals surface area contributed by atoms with Crippen LogP contribution in [0.2, 0.25) is 0 Å². The summed E-state index contributed by atoms with van der Waals surface area (Å²) in [5.41, 5.74) is 4.01. The highest BCUT2D eigenvalue weighted by atomic mass is 16.6. The van der Waals surface area contributed by atoms with Crippen molar-refractivity contribution < 1.29 is 43.3 Å². The molecule has 8 rings (SSSR count). The number of carbonyl (C=O) groups excluding carboxylic acids is 4. The summed E-state index contributed by atoms with van der Waals surface area (Å²) in [4.78, 5) is 91.1. The van der Waals surface area contributed by atoms with E-state index in [-0.39, 0.29) is 51.7 Å². The highest BCUT2D eigenvalue weighted by Gasteiger charge is 2.29. The number of esters is 1. The number of aliphatic carboxylic acids is 1. The Balaban J connectivity index is 0.000000310. The standard InChI is InChI=1S/C33H44N6O4.C31H38N6O5.2CH4/c1-6-38(7-2)31-35-23-28(34-22-25-13-9-8-10-14-25)29(37-31)36-27(30(40)43-33(3,4)5)21-24-15-17-26(18-16-24)42-32(41)39-19-11-12-20-39;1-4-35(5-2)30-32-20-27(37(22(3)38)21-24-11-7-6-8-12-24)28(34-30)33-26(29(39)40)19-23-13-15-25(16-14-23)42-31(41)36-17-9-10-18-36;;/h8-10,13-18,23,27,34H,6-7,11-12,19-22H2,1-5H3,(H,35,36,37);6-8,11-16,20,26H,4-5,9-10,17-19,21H2,1-3H3,(H,39,40)(H,32,33,34);2*1H4/t27-;26-;;/m00../s1. The van der Waals surface area contributed by atoms with E-state index in [1.165, 1.54) is 11.8 Å². The van der Waals surface area contributed by atoms with Crippen LogP contribution in [-0.2, 0) is 45.1 Å². The van der Waals surface area contributed by atoms with Crippen LogP contribution < -0.4 is 40.1 Å². The van der Waals surface area contributed by atoms with Gasteiger partial charge < -0.3 is 59.8 Å². The van der Waals surface area contributed by atoms with E-state index in [1.807, 2.05) is 112 Å². The Morgan fingerprint density at radius 2 is 1.02 bits per heavy atom. The molecule has 2 aliphatic rings. The van der Waals surface area contributed by atoms with Crippen molar-refractivity contribution in [3.8, 4) is 11.5 Å². The minimum Gasteiger partial charge on any atom is -0.480 e. The Morgan fingerprint density at radius 1 is 0.586 bits per heavy atom. The molecular weight excluding hydrogens is 1100 g/mol. The van der Waals surface area contributed by atoms with Gasteiger partial charge in [0.05, 0.1) is 24.6 Å². The molecule has 3 amide bonds. The van der Waals surface area contributed by atoms with Crippen molar-refractivity contribution >= 4 is 64.9 Å². The van der Waals surface area contributed by atoms with Crippen molar-refractivity contribution in [1.29, 1.82) is 0 Å². The molecule has 21 nitrogen and oxygen atoms in total. The van der Waals surface area contributed by atoms with E-state index in [0.29, 0.717) is 79.7 Å². The number of carboxylic acid groups (broad SMARTS) is 1. The van der Waals surface area contributed by atoms with Gasteiger partial charge in [0.15, 0.2) is 11.6 Å². The van der Waals surface area contributed by atoms with Crippen LogP contribution >= 0.6 is 0 Å². The molecule has 0 spiro atoms. The number of likely N-dealkylation sites (tertiary alicyclic amines) is 2. The van der Waals surface area contributed by atoms with Gasteiger partial charge in [-0.05, 0) is 121 Å². The number of rotatable bonds is 24. The fraction of sp³-hybridized carbons (Fsp3) is 0.439. The summed E-state index contributed by atoms with van der Waals surface area (Å²) in [5, 5.41) is 20.0. The number of carbonyl (C=O) groups is 5. The third-order valence-corrected chi connectivity index (χ3v) is 14.3. The lowest BCUT2D eigenvalue weighted by Gasteiger charge is -2.27. The van der Waals surface area contributed by atoms with Gasteiger partial charge in [0.25, 0.3) is 0 Å². The monoisotopic (exact) mass is 1190 g/mol. The van der Waals surface area contributed by atoms with Crippen molar-refractivity contribution in [2.24, 2.45) is 0 Å². The summed E-state index contributed by atoms with van der Waals surface area (Å²) in [6.45, 7) is 21.6. The molecule has 2 atom stereocenters. The molecule has 21 heteroatoms. The number of anilines is 6. The Labute approximate surface area is 513 Å². The van der Waals surface area contributed by atoms with Gasteiger partial charge in [-0.2, -0.15) is 9.97 Å². The van der Waals surface area contributed by atoms with Gasteiger partial charge in [0, 0.05) is 78.7 Å². The first kappa shape index (κ1) is 68.8. The SMILES string of the molecule is C.C.CCN(CC)c1ncc(N(Cc2ccccc2)C(C)=O)c(N[C@@H](Cc2ccc(OC(=O)N3CCCC3)cc2)C(=O)O)n1.CCN(CC)c1ncc(NCc2ccccc2)c(N[C@@H](Cc2ccc(OC(=O)N3CCCC3)cc2)C(=O)OC(C)(C)C)n1. The Hall–Kier alpha value is -9.01. The molecule has 0 saturated carbocycles. The third kappa shape index (κ3) is 20.6. The molecule has 468 valence electrons. The number of hydrogen-bond acceptors (Lipinski definition) is 17. The van der Waals surface area contributed by atoms with E-state index in [1.54, 1.807) is 58.6 Å². The second kappa shape index (κ2) is 33.6. The average Bonchev–Trinajstić information content (AvgIpc) is 3.35. The zero-order valence-electron chi connectivity index (χ0n) is 50.3. The predicted octanol–water partition coefficient (Wildman–Crippen LogP) is 11.7. The second-order valence-corrected chi connectivity index (χ2v) is 21.7. The lowest BCUT2D eigenvalue weighted by atomic mass is 10.0. The number of nitrogens with one attached hydrogen (secondary N) is 3. The smallest absolute Gasteiger partial charge is 0.415 e. The van der Waals surface area contributed by atoms with Crippen LogP contribution in [-0.4, -0.2) is 135 Å². The molecule has 0 unspecified atom stereocenters. The Kier molecular flexibility index (Phi) is 26.6. The van der Waals surface area contributed by atoms with E-state index < -0.39 is 29.6 Å². The number of nitrogens with zero attached hydrogens (tertiary/aromatic N) is 9. The molecular formula is C66H90N12O9. The zero-order chi connectivity index (χ0) is 60.9. The Morgan fingerprint density at radius 3 is 1.47 bits per heavy atom. The van der Waals surface area contributed by atoms with E-state index >= 15 is 0 Å². The predicted molar refractivity (Wildman–Crippen MR) is 344 cm³/mol. The molecule has 87 heavy (non-hydrogen) atoms. The van der Waals surface area contributed by atoms with Crippen LogP contribution in [0.4, 0.5) is 44.5 Å². The van der Waals surface area contributed by atoms with E-state index in [0.717, 1.165) is 74.1 Å². The molecule has 0 aliphatic carbocycles. The lowest BCUT2D eigenvalue weighted by Crippen LogP contribution is -2.38. The van der Waals surface area contributed by atoms with E-state index in [4.69, 9.17) is 24.2 Å². The highest BCUT2D eigenvalue weighted by Crippen LogP contribution is 2.30. The van der Waals surface area contributed by atoms with E-state index in [2.05, 4.69) is 44.7 Å². The number of carboxylic acids is 1. The molecule has 2 saturated heterocycles. The lowest BCUT2D eigenvalue weighted by molar-refractivity contribution is -0.155. The van der Waals surface area contributed by atoms with Crippen LogP contribution in [0.1, 0.15) is 118 Å². The van der Waals surface area contributed by atoms with Crippen molar-refractivity contribution in [1.82, 2.24) is 29.7 Å². The van der Waals surface area contributed by atoms with Crippen molar-refractivity contribution in [3.63, 3.8) is 0 Å². The minimum atomic E-state index is -1.08. The first-order valence-electron chi connectivity index (χ1n) is 29.4. The summed E-state index contributed by atoms with van der Waals surface area (Å²) in [7, 11) is 0. The summed E-state index contributed by atoms with van der Waals surface area (Å²) in [6, 6.07) is 31.8. The maximum Gasteiger partial charge on any atom is 0.415 e. The van der Waals surface area contributed by atoms with Crippen molar-refractivity contribution in [2.45, 2.75) is 140 Å². The molecule has 4 aromatic carbocycles. The maximum atomic E-state index is 13.5.